The van der Waals surface area contributed by atoms with Gasteiger partial charge in [0.15, 0.2) is 5.82 Å². The number of nitrogens with zero attached hydrogens (tertiary/aromatic N) is 2. The summed E-state index contributed by atoms with van der Waals surface area (Å²) < 4.78 is 18.2. The third kappa shape index (κ3) is 2.48. The SMILES string of the molecule is Nc1nc(COc2ccc(F)cc2)nc2sccc12. The van der Waals surface area contributed by atoms with Crippen LogP contribution in [0.15, 0.2) is 35.7 Å². The molecule has 4 nitrogen and oxygen atoms in total. The van der Waals surface area contributed by atoms with E-state index in [1.165, 1.54) is 23.5 Å². The van der Waals surface area contributed by atoms with Crippen molar-refractivity contribution in [2.45, 2.75) is 6.61 Å². The van der Waals surface area contributed by atoms with Crippen LogP contribution in [0.5, 0.6) is 5.75 Å². The average molecular weight is 275 g/mol. The number of benzene rings is 1. The second kappa shape index (κ2) is 4.81. The van der Waals surface area contributed by atoms with Crippen LogP contribution < -0.4 is 10.5 Å². The zero-order valence-electron chi connectivity index (χ0n) is 9.84. The molecule has 0 unspecified atom stereocenters. The van der Waals surface area contributed by atoms with Crippen molar-refractivity contribution in [3.05, 3.63) is 47.4 Å². The van der Waals surface area contributed by atoms with Crippen LogP contribution in [0.25, 0.3) is 10.2 Å². The fourth-order valence-electron chi connectivity index (χ4n) is 1.67. The fraction of sp³-hybridized carbons (Fsp3) is 0.0769. The average Bonchev–Trinajstić information content (AvgIpc) is 2.87. The number of ether oxygens (including phenoxy) is 1. The third-order valence-corrected chi connectivity index (χ3v) is 3.39. The molecule has 0 bridgehead atoms. The van der Waals surface area contributed by atoms with Crippen LogP contribution in [-0.2, 0) is 6.61 Å². The van der Waals surface area contributed by atoms with Crippen LogP contribution >= 0.6 is 11.3 Å². The topological polar surface area (TPSA) is 61.0 Å². The molecule has 2 N–H and O–H groups in total. The Kier molecular flexibility index (Phi) is 3.00. The Morgan fingerprint density at radius 1 is 1.16 bits per heavy atom. The first-order valence-corrected chi connectivity index (χ1v) is 6.48. The molecule has 0 amide bonds. The van der Waals surface area contributed by atoms with E-state index in [-0.39, 0.29) is 12.4 Å². The Labute approximate surface area is 112 Å². The highest BCUT2D eigenvalue weighted by Crippen LogP contribution is 2.23. The molecule has 0 aliphatic rings. The summed E-state index contributed by atoms with van der Waals surface area (Å²) in [5.74, 6) is 1.23. The highest BCUT2D eigenvalue weighted by molar-refractivity contribution is 7.16. The van der Waals surface area contributed by atoms with Gasteiger partial charge >= 0.3 is 0 Å². The van der Waals surface area contributed by atoms with E-state index < -0.39 is 0 Å². The minimum absolute atomic E-state index is 0.198. The quantitative estimate of drug-likeness (QED) is 0.798. The Hall–Kier alpha value is -2.21. The van der Waals surface area contributed by atoms with E-state index in [1.807, 2.05) is 11.4 Å². The van der Waals surface area contributed by atoms with E-state index in [2.05, 4.69) is 9.97 Å². The Morgan fingerprint density at radius 3 is 2.74 bits per heavy atom. The number of nitrogen functional groups attached to an aromatic ring is 1. The number of halogens is 1. The summed E-state index contributed by atoms with van der Waals surface area (Å²) in [5, 5.41) is 2.77. The largest absolute Gasteiger partial charge is 0.486 e. The van der Waals surface area contributed by atoms with E-state index in [4.69, 9.17) is 10.5 Å². The molecule has 6 heteroatoms. The molecule has 3 aromatic rings. The normalized spacial score (nSPS) is 10.8. The van der Waals surface area contributed by atoms with Crippen molar-refractivity contribution in [2.75, 3.05) is 5.73 Å². The highest BCUT2D eigenvalue weighted by atomic mass is 32.1. The molecule has 3 rings (SSSR count). The zero-order valence-corrected chi connectivity index (χ0v) is 10.7. The van der Waals surface area contributed by atoms with Gasteiger partial charge in [-0.05, 0) is 35.7 Å². The second-order valence-corrected chi connectivity index (χ2v) is 4.80. The van der Waals surface area contributed by atoms with Gasteiger partial charge in [0, 0.05) is 0 Å². The molecule has 0 saturated heterocycles. The number of fused-ring (bicyclic) bond motifs is 1. The summed E-state index contributed by atoms with van der Waals surface area (Å²) in [4.78, 5) is 9.38. The third-order valence-electron chi connectivity index (χ3n) is 2.58. The minimum Gasteiger partial charge on any atom is -0.486 e. The van der Waals surface area contributed by atoms with E-state index >= 15 is 0 Å². The van der Waals surface area contributed by atoms with Gasteiger partial charge in [0.1, 0.15) is 28.8 Å². The van der Waals surface area contributed by atoms with E-state index in [0.717, 1.165) is 10.2 Å². The Balaban J connectivity index is 1.79. The van der Waals surface area contributed by atoms with Crippen LogP contribution in [0.2, 0.25) is 0 Å². The number of rotatable bonds is 3. The highest BCUT2D eigenvalue weighted by Gasteiger charge is 2.06. The zero-order chi connectivity index (χ0) is 13.2. The molecule has 2 aromatic heterocycles. The van der Waals surface area contributed by atoms with Gasteiger partial charge in [-0.1, -0.05) is 0 Å². The lowest BCUT2D eigenvalue weighted by Gasteiger charge is -2.06. The summed E-state index contributed by atoms with van der Waals surface area (Å²) in [5.41, 5.74) is 5.84. The van der Waals surface area contributed by atoms with Crippen LogP contribution in [0.4, 0.5) is 10.2 Å². The van der Waals surface area contributed by atoms with Gasteiger partial charge in [0.05, 0.1) is 5.39 Å². The van der Waals surface area contributed by atoms with Gasteiger partial charge in [-0.25, -0.2) is 14.4 Å². The predicted molar refractivity (Wildman–Crippen MR) is 72.6 cm³/mol. The maximum absolute atomic E-state index is 12.7. The van der Waals surface area contributed by atoms with Crippen LogP contribution in [0.1, 0.15) is 5.82 Å². The van der Waals surface area contributed by atoms with Crippen molar-refractivity contribution in [1.29, 1.82) is 0 Å². The van der Waals surface area contributed by atoms with Gasteiger partial charge in [0.2, 0.25) is 0 Å². The molecule has 0 spiro atoms. The molecule has 96 valence electrons. The summed E-state index contributed by atoms with van der Waals surface area (Å²) in [7, 11) is 0. The lowest BCUT2D eigenvalue weighted by Crippen LogP contribution is -2.04. The molecular weight excluding hydrogens is 265 g/mol. The Morgan fingerprint density at radius 2 is 1.95 bits per heavy atom. The molecule has 0 fully saturated rings. The number of hydrogen-bond acceptors (Lipinski definition) is 5. The van der Waals surface area contributed by atoms with Gasteiger partial charge in [-0.15, -0.1) is 11.3 Å². The molecular formula is C13H10FN3OS. The molecule has 0 aliphatic carbocycles. The number of aromatic nitrogens is 2. The van der Waals surface area contributed by atoms with E-state index in [9.17, 15) is 4.39 Å². The number of hydrogen-bond donors (Lipinski definition) is 1. The Bertz CT molecular complexity index is 711. The molecule has 0 saturated carbocycles. The second-order valence-electron chi connectivity index (χ2n) is 3.91. The molecule has 0 atom stereocenters. The maximum Gasteiger partial charge on any atom is 0.169 e. The van der Waals surface area contributed by atoms with Gasteiger partial charge in [0.25, 0.3) is 0 Å². The molecule has 1 aromatic carbocycles. The summed E-state index contributed by atoms with van der Waals surface area (Å²) in [6.45, 7) is 0.198. The van der Waals surface area contributed by atoms with Gasteiger partial charge in [-0.3, -0.25) is 0 Å². The minimum atomic E-state index is -0.298. The first-order valence-electron chi connectivity index (χ1n) is 5.60. The van der Waals surface area contributed by atoms with Crippen molar-refractivity contribution in [2.24, 2.45) is 0 Å². The van der Waals surface area contributed by atoms with Crippen LogP contribution in [0.3, 0.4) is 0 Å². The predicted octanol–water partition coefficient (Wildman–Crippen LogP) is 2.99. The number of anilines is 1. The lowest BCUT2D eigenvalue weighted by molar-refractivity contribution is 0.296. The van der Waals surface area contributed by atoms with E-state index in [1.54, 1.807) is 12.1 Å². The first kappa shape index (κ1) is 11.9. The molecule has 0 aliphatic heterocycles. The molecule has 19 heavy (non-hydrogen) atoms. The molecule has 0 radical (unpaired) electrons. The smallest absolute Gasteiger partial charge is 0.169 e. The van der Waals surface area contributed by atoms with Crippen molar-refractivity contribution in [1.82, 2.24) is 9.97 Å². The van der Waals surface area contributed by atoms with Gasteiger partial charge in [-0.2, -0.15) is 0 Å². The maximum atomic E-state index is 12.7. The molecule has 2 heterocycles. The van der Waals surface area contributed by atoms with Crippen molar-refractivity contribution in [3.8, 4) is 5.75 Å². The van der Waals surface area contributed by atoms with Crippen molar-refractivity contribution < 1.29 is 9.13 Å². The summed E-state index contributed by atoms with van der Waals surface area (Å²) >= 11 is 1.50. The van der Waals surface area contributed by atoms with Crippen molar-refractivity contribution in [3.63, 3.8) is 0 Å². The van der Waals surface area contributed by atoms with Crippen LogP contribution in [-0.4, -0.2) is 9.97 Å². The lowest BCUT2D eigenvalue weighted by atomic mass is 10.3. The first-order chi connectivity index (χ1) is 9.22. The summed E-state index contributed by atoms with van der Waals surface area (Å²) in [6.07, 6.45) is 0. The van der Waals surface area contributed by atoms with Gasteiger partial charge < -0.3 is 10.5 Å². The summed E-state index contributed by atoms with van der Waals surface area (Å²) in [6, 6.07) is 7.69. The fourth-order valence-corrected chi connectivity index (χ4v) is 2.46. The standard InChI is InChI=1S/C13H10FN3OS/c14-8-1-3-9(4-2-8)18-7-11-16-12(15)10-5-6-19-13(10)17-11/h1-6H,7H2,(H2,15,16,17). The monoisotopic (exact) mass is 275 g/mol. The van der Waals surface area contributed by atoms with E-state index in [0.29, 0.717) is 17.4 Å². The number of nitrogens with two attached hydrogens (primary N) is 1. The number of thiophene rings is 1. The van der Waals surface area contributed by atoms with Crippen molar-refractivity contribution >= 4 is 27.4 Å². The van der Waals surface area contributed by atoms with Crippen LogP contribution in [0, 0.1) is 5.82 Å².